The van der Waals surface area contributed by atoms with Crippen LogP contribution in [0.2, 0.25) is 0 Å². The van der Waals surface area contributed by atoms with Crippen LogP contribution in [0.25, 0.3) is 0 Å². The molecule has 4 nitrogen and oxygen atoms in total. The molecule has 0 spiro atoms. The number of aliphatic hydroxyl groups is 1. The van der Waals surface area contributed by atoms with Gasteiger partial charge in [-0.15, -0.1) is 5.10 Å². The molecule has 1 aromatic heterocycles. The van der Waals surface area contributed by atoms with Gasteiger partial charge in [-0.25, -0.2) is 0 Å². The molecular formula is C4H6N2O2S2. The van der Waals surface area contributed by atoms with Gasteiger partial charge < -0.3 is 9.63 Å². The molecule has 56 valence electrons. The maximum Gasteiger partial charge on any atom is 0.224 e. The highest BCUT2D eigenvalue weighted by Crippen LogP contribution is 2.21. The number of rotatable bonds is 3. The van der Waals surface area contributed by atoms with Crippen molar-refractivity contribution in [3.05, 3.63) is 0 Å². The number of hydrogen-bond acceptors (Lipinski definition) is 6. The first-order valence-corrected chi connectivity index (χ1v) is 4.03. The zero-order valence-corrected chi connectivity index (χ0v) is 6.73. The third-order valence-corrected chi connectivity index (χ3v) is 2.14. The molecule has 0 atom stereocenters. The first-order valence-electron chi connectivity index (χ1n) is 2.59. The summed E-state index contributed by atoms with van der Waals surface area (Å²) in [4.78, 5) is 0. The van der Waals surface area contributed by atoms with Crippen molar-refractivity contribution in [2.75, 3.05) is 12.4 Å². The van der Waals surface area contributed by atoms with E-state index >= 15 is 0 Å². The Morgan fingerprint density at radius 1 is 1.70 bits per heavy atom. The zero-order chi connectivity index (χ0) is 7.40. The Kier molecular flexibility index (Phi) is 3.04. The van der Waals surface area contributed by atoms with Gasteiger partial charge in [0, 0.05) is 11.0 Å². The van der Waals surface area contributed by atoms with Gasteiger partial charge in [0.2, 0.25) is 5.09 Å². The van der Waals surface area contributed by atoms with Crippen molar-refractivity contribution in [2.45, 2.75) is 10.1 Å². The number of hydrogen-bond donors (Lipinski definition) is 2. The minimum Gasteiger partial charge on any atom is -0.396 e. The smallest absolute Gasteiger partial charge is 0.224 e. The van der Waals surface area contributed by atoms with Gasteiger partial charge in [-0.2, -0.15) is 0 Å². The highest BCUT2D eigenvalue weighted by molar-refractivity contribution is 7.99. The van der Waals surface area contributed by atoms with E-state index in [0.29, 0.717) is 15.9 Å². The Balaban J connectivity index is 2.49. The van der Waals surface area contributed by atoms with Crippen LogP contribution >= 0.6 is 24.4 Å². The molecule has 0 aromatic carbocycles. The lowest BCUT2D eigenvalue weighted by Gasteiger charge is -1.89. The van der Waals surface area contributed by atoms with E-state index in [0.717, 1.165) is 0 Å². The van der Waals surface area contributed by atoms with Crippen molar-refractivity contribution in [1.29, 1.82) is 0 Å². The summed E-state index contributed by atoms with van der Waals surface area (Å²) in [6, 6.07) is 0. The van der Waals surface area contributed by atoms with Crippen LogP contribution in [0.5, 0.6) is 0 Å². The molecule has 1 rings (SSSR count). The molecule has 0 fully saturated rings. The van der Waals surface area contributed by atoms with Gasteiger partial charge in [0.1, 0.15) is 0 Å². The Morgan fingerprint density at radius 3 is 3.00 bits per heavy atom. The average Bonchev–Trinajstić information content (AvgIpc) is 2.31. The highest BCUT2D eigenvalue weighted by Gasteiger charge is 2.04. The summed E-state index contributed by atoms with van der Waals surface area (Å²) in [5.74, 6) is 0.585. The summed E-state index contributed by atoms with van der Waals surface area (Å²) in [5.41, 5.74) is 0. The summed E-state index contributed by atoms with van der Waals surface area (Å²) >= 11 is 5.29. The Bertz CT molecular complexity index is 203. The molecule has 0 amide bonds. The molecule has 0 aliphatic carbocycles. The quantitative estimate of drug-likeness (QED) is 0.519. The van der Waals surface area contributed by atoms with Crippen LogP contribution in [0.4, 0.5) is 0 Å². The summed E-state index contributed by atoms with van der Waals surface area (Å²) < 4.78 is 4.56. The molecule has 0 aliphatic heterocycles. The van der Waals surface area contributed by atoms with E-state index in [1.54, 1.807) is 0 Å². The highest BCUT2D eigenvalue weighted by atomic mass is 32.2. The summed E-state index contributed by atoms with van der Waals surface area (Å²) in [5, 5.41) is 16.3. The van der Waals surface area contributed by atoms with Gasteiger partial charge >= 0.3 is 0 Å². The maximum absolute atomic E-state index is 8.43. The molecular weight excluding hydrogens is 172 g/mol. The second-order valence-electron chi connectivity index (χ2n) is 1.46. The van der Waals surface area contributed by atoms with Crippen molar-refractivity contribution in [2.24, 2.45) is 0 Å². The van der Waals surface area contributed by atoms with E-state index in [1.165, 1.54) is 11.8 Å². The molecule has 1 aromatic rings. The lowest BCUT2D eigenvalue weighted by molar-refractivity contribution is 0.322. The predicted octanol–water partition coefficient (Wildman–Crippen LogP) is 0.443. The third kappa shape index (κ3) is 1.89. The summed E-state index contributed by atoms with van der Waals surface area (Å²) in [6.07, 6.45) is 0. The Labute approximate surface area is 67.4 Å². The standard InChI is InChI=1S/C4H6N2O2S2/c7-1-2-10-3-4(9)8-6-5-3/h7,9H,1-2H2. The van der Waals surface area contributed by atoms with Crippen LogP contribution in [0.15, 0.2) is 14.6 Å². The van der Waals surface area contributed by atoms with Crippen molar-refractivity contribution < 1.29 is 9.63 Å². The van der Waals surface area contributed by atoms with Crippen LogP contribution in [0, 0.1) is 0 Å². The summed E-state index contributed by atoms with van der Waals surface area (Å²) in [6.45, 7) is 0.116. The topological polar surface area (TPSA) is 59.2 Å². The molecule has 0 saturated carbocycles. The fraction of sp³-hybridized carbons (Fsp3) is 0.500. The van der Waals surface area contributed by atoms with Crippen molar-refractivity contribution in [1.82, 2.24) is 10.4 Å². The number of aromatic nitrogens is 2. The SMILES string of the molecule is OCCSc1nnoc1S. The molecule has 6 heteroatoms. The number of aliphatic hydroxyl groups excluding tert-OH is 1. The monoisotopic (exact) mass is 178 g/mol. The maximum atomic E-state index is 8.43. The molecule has 0 radical (unpaired) electrons. The van der Waals surface area contributed by atoms with Crippen LogP contribution < -0.4 is 0 Å². The lowest BCUT2D eigenvalue weighted by atomic mass is 10.9. The van der Waals surface area contributed by atoms with Gasteiger partial charge in [0.05, 0.1) is 6.61 Å². The van der Waals surface area contributed by atoms with E-state index in [2.05, 4.69) is 27.5 Å². The normalized spacial score (nSPS) is 10.2. The molecule has 0 aliphatic rings. The molecule has 1 N–H and O–H groups in total. The average molecular weight is 178 g/mol. The van der Waals surface area contributed by atoms with Crippen LogP contribution in [-0.4, -0.2) is 27.8 Å². The second kappa shape index (κ2) is 3.85. The zero-order valence-electron chi connectivity index (χ0n) is 5.02. The van der Waals surface area contributed by atoms with Crippen LogP contribution in [-0.2, 0) is 0 Å². The molecule has 0 unspecified atom stereocenters. The van der Waals surface area contributed by atoms with E-state index in [-0.39, 0.29) is 6.61 Å². The van der Waals surface area contributed by atoms with Gasteiger partial charge in [-0.3, -0.25) is 0 Å². The van der Waals surface area contributed by atoms with Gasteiger partial charge in [0.15, 0.2) is 5.03 Å². The Hall–Kier alpha value is -0.200. The summed E-state index contributed by atoms with van der Waals surface area (Å²) in [7, 11) is 0. The number of thiol groups is 1. The van der Waals surface area contributed by atoms with Gasteiger partial charge in [-0.05, 0) is 0 Å². The van der Waals surface area contributed by atoms with Crippen molar-refractivity contribution in [3.63, 3.8) is 0 Å². The van der Waals surface area contributed by atoms with E-state index in [9.17, 15) is 0 Å². The molecule has 0 saturated heterocycles. The van der Waals surface area contributed by atoms with Crippen LogP contribution in [0.1, 0.15) is 0 Å². The first-order chi connectivity index (χ1) is 4.84. The minimum absolute atomic E-state index is 0.116. The molecule has 10 heavy (non-hydrogen) atoms. The van der Waals surface area contributed by atoms with Crippen LogP contribution in [0.3, 0.4) is 0 Å². The third-order valence-electron chi connectivity index (χ3n) is 0.772. The first kappa shape index (κ1) is 7.90. The number of nitrogens with zero attached hydrogens (tertiary/aromatic N) is 2. The van der Waals surface area contributed by atoms with Crippen molar-refractivity contribution in [3.8, 4) is 0 Å². The predicted molar refractivity (Wildman–Crippen MR) is 39.4 cm³/mol. The van der Waals surface area contributed by atoms with Crippen molar-refractivity contribution >= 4 is 24.4 Å². The van der Waals surface area contributed by atoms with Gasteiger partial charge in [0.25, 0.3) is 0 Å². The second-order valence-corrected chi connectivity index (χ2v) is 2.95. The fourth-order valence-corrected chi connectivity index (χ4v) is 1.22. The fourth-order valence-electron chi connectivity index (χ4n) is 0.411. The Morgan fingerprint density at radius 2 is 2.50 bits per heavy atom. The van der Waals surface area contributed by atoms with E-state index in [4.69, 9.17) is 5.11 Å². The lowest BCUT2D eigenvalue weighted by Crippen LogP contribution is -1.85. The van der Waals surface area contributed by atoms with E-state index in [1.807, 2.05) is 0 Å². The van der Waals surface area contributed by atoms with Gasteiger partial charge in [-0.1, -0.05) is 24.4 Å². The largest absolute Gasteiger partial charge is 0.396 e. The number of thioether (sulfide) groups is 1. The van der Waals surface area contributed by atoms with E-state index < -0.39 is 0 Å². The molecule has 0 bridgehead atoms. The molecule has 1 heterocycles. The minimum atomic E-state index is 0.116.